The number of methoxy groups -OCH3 is 1. The fourth-order valence-electron chi connectivity index (χ4n) is 4.19. The number of aromatic nitrogens is 2. The number of rotatable bonds is 4. The second-order valence-electron chi connectivity index (χ2n) is 7.89. The Kier molecular flexibility index (Phi) is 5.83. The van der Waals surface area contributed by atoms with Gasteiger partial charge in [0.15, 0.2) is 0 Å². The van der Waals surface area contributed by atoms with Gasteiger partial charge in [0.2, 0.25) is 5.95 Å². The third-order valence-corrected chi connectivity index (χ3v) is 5.79. The Morgan fingerprint density at radius 3 is 2.59 bits per heavy atom. The van der Waals surface area contributed by atoms with Crippen molar-refractivity contribution >= 4 is 17.5 Å². The largest absolute Gasteiger partial charge is 0.495 e. The maximum Gasteiger partial charge on any atom is 0.272 e. The molecular formula is C22H29N5O2. The number of carbonyl (C=O) groups excluding carboxylic acids is 1. The van der Waals surface area contributed by atoms with Gasteiger partial charge in [0.25, 0.3) is 5.91 Å². The molecular weight excluding hydrogens is 366 g/mol. The molecule has 2 fully saturated rings. The van der Waals surface area contributed by atoms with Crippen LogP contribution in [-0.2, 0) is 0 Å². The van der Waals surface area contributed by atoms with Gasteiger partial charge in [-0.25, -0.2) is 9.97 Å². The minimum absolute atomic E-state index is 0.0212. The monoisotopic (exact) mass is 395 g/mol. The predicted molar refractivity (Wildman–Crippen MR) is 114 cm³/mol. The number of hydrogen-bond donors (Lipinski definition) is 0. The van der Waals surface area contributed by atoms with E-state index in [9.17, 15) is 4.79 Å². The third kappa shape index (κ3) is 4.28. The van der Waals surface area contributed by atoms with E-state index >= 15 is 0 Å². The molecule has 0 aliphatic carbocycles. The molecule has 1 unspecified atom stereocenters. The third-order valence-electron chi connectivity index (χ3n) is 5.79. The van der Waals surface area contributed by atoms with Gasteiger partial charge in [0, 0.05) is 45.5 Å². The Balaban J connectivity index is 1.42. The van der Waals surface area contributed by atoms with Crippen LogP contribution in [0.1, 0.15) is 30.3 Å². The summed E-state index contributed by atoms with van der Waals surface area (Å²) in [5.41, 5.74) is 1.61. The molecule has 2 aliphatic rings. The first-order chi connectivity index (χ1) is 14.2. The number of carbonyl (C=O) groups is 1. The van der Waals surface area contributed by atoms with Gasteiger partial charge in [0.05, 0.1) is 12.8 Å². The summed E-state index contributed by atoms with van der Waals surface area (Å²) in [6.07, 6.45) is 3.96. The summed E-state index contributed by atoms with van der Waals surface area (Å²) in [7, 11) is 1.70. The Labute approximate surface area is 172 Å². The standard InChI is InChI=1S/C22H29N5O2/c1-17-6-5-11-27(16-17)21(28)18-9-10-23-22(24-18)26-14-12-25(13-15-26)19-7-3-4-8-20(19)29-2/h3-4,7-10,17H,5-6,11-16H2,1-2H3. The zero-order valence-corrected chi connectivity index (χ0v) is 17.3. The Morgan fingerprint density at radius 1 is 1.07 bits per heavy atom. The second-order valence-corrected chi connectivity index (χ2v) is 7.89. The lowest BCUT2D eigenvalue weighted by atomic mass is 10.00. The zero-order valence-electron chi connectivity index (χ0n) is 17.3. The Bertz CT molecular complexity index is 851. The smallest absolute Gasteiger partial charge is 0.272 e. The van der Waals surface area contributed by atoms with E-state index in [1.807, 2.05) is 23.1 Å². The predicted octanol–water partition coefficient (Wildman–Crippen LogP) is 2.68. The minimum atomic E-state index is 0.0212. The highest BCUT2D eigenvalue weighted by molar-refractivity contribution is 5.92. The number of anilines is 2. The summed E-state index contributed by atoms with van der Waals surface area (Å²) < 4.78 is 5.50. The number of benzene rings is 1. The summed E-state index contributed by atoms with van der Waals surface area (Å²) in [5.74, 6) is 2.10. The highest BCUT2D eigenvalue weighted by Gasteiger charge is 2.25. The molecule has 0 N–H and O–H groups in total. The van der Waals surface area contributed by atoms with Crippen molar-refractivity contribution in [1.82, 2.24) is 14.9 Å². The van der Waals surface area contributed by atoms with Gasteiger partial charge in [-0.05, 0) is 37.0 Å². The fourth-order valence-corrected chi connectivity index (χ4v) is 4.19. The maximum absolute atomic E-state index is 12.9. The van der Waals surface area contributed by atoms with Gasteiger partial charge in [0.1, 0.15) is 11.4 Å². The van der Waals surface area contributed by atoms with E-state index in [2.05, 4.69) is 32.8 Å². The van der Waals surface area contributed by atoms with Gasteiger partial charge < -0.3 is 19.4 Å². The number of likely N-dealkylation sites (tertiary alicyclic amines) is 1. The molecule has 0 radical (unpaired) electrons. The van der Waals surface area contributed by atoms with Crippen LogP contribution in [-0.4, -0.2) is 67.2 Å². The Morgan fingerprint density at radius 2 is 1.83 bits per heavy atom. The van der Waals surface area contributed by atoms with Crippen LogP contribution in [0.25, 0.3) is 0 Å². The molecule has 1 aromatic carbocycles. The van der Waals surface area contributed by atoms with Crippen molar-refractivity contribution in [3.63, 3.8) is 0 Å². The number of ether oxygens (including phenoxy) is 1. The van der Waals surface area contributed by atoms with Crippen molar-refractivity contribution in [1.29, 1.82) is 0 Å². The van der Waals surface area contributed by atoms with Crippen LogP contribution in [0.2, 0.25) is 0 Å². The van der Waals surface area contributed by atoms with E-state index in [0.29, 0.717) is 17.6 Å². The molecule has 0 bridgehead atoms. The van der Waals surface area contributed by atoms with Crippen LogP contribution in [0, 0.1) is 5.92 Å². The summed E-state index contributed by atoms with van der Waals surface area (Å²) in [4.78, 5) is 28.3. The quantitative estimate of drug-likeness (QED) is 0.793. The number of nitrogens with zero attached hydrogens (tertiary/aromatic N) is 5. The number of para-hydroxylation sites is 2. The van der Waals surface area contributed by atoms with E-state index in [1.54, 1.807) is 19.4 Å². The normalized spacial score (nSPS) is 19.9. The Hall–Kier alpha value is -2.83. The fraction of sp³-hybridized carbons (Fsp3) is 0.500. The molecule has 2 aliphatic heterocycles. The SMILES string of the molecule is COc1ccccc1N1CCN(c2nccc(C(=O)N3CCCC(C)C3)n2)CC1. The number of piperazine rings is 1. The molecule has 29 heavy (non-hydrogen) atoms. The molecule has 1 atom stereocenters. The second kappa shape index (κ2) is 8.68. The molecule has 2 saturated heterocycles. The van der Waals surface area contributed by atoms with Crippen molar-refractivity contribution in [2.75, 3.05) is 56.2 Å². The van der Waals surface area contributed by atoms with Crippen LogP contribution in [0.15, 0.2) is 36.5 Å². The lowest BCUT2D eigenvalue weighted by Crippen LogP contribution is -2.47. The molecule has 3 heterocycles. The highest BCUT2D eigenvalue weighted by atomic mass is 16.5. The lowest BCUT2D eigenvalue weighted by molar-refractivity contribution is 0.0677. The van der Waals surface area contributed by atoms with Crippen LogP contribution in [0.4, 0.5) is 11.6 Å². The van der Waals surface area contributed by atoms with Crippen molar-refractivity contribution in [3.8, 4) is 5.75 Å². The molecule has 4 rings (SSSR count). The van der Waals surface area contributed by atoms with Gasteiger partial charge >= 0.3 is 0 Å². The van der Waals surface area contributed by atoms with Crippen LogP contribution < -0.4 is 14.5 Å². The average molecular weight is 396 g/mol. The van der Waals surface area contributed by atoms with E-state index in [1.165, 1.54) is 6.42 Å². The van der Waals surface area contributed by atoms with E-state index < -0.39 is 0 Å². The van der Waals surface area contributed by atoms with E-state index in [-0.39, 0.29) is 5.91 Å². The van der Waals surface area contributed by atoms with Gasteiger partial charge in [-0.15, -0.1) is 0 Å². The van der Waals surface area contributed by atoms with Crippen molar-refractivity contribution in [3.05, 3.63) is 42.2 Å². The number of hydrogen-bond acceptors (Lipinski definition) is 6. The highest BCUT2D eigenvalue weighted by Crippen LogP contribution is 2.28. The first-order valence-electron chi connectivity index (χ1n) is 10.4. The maximum atomic E-state index is 12.9. The summed E-state index contributed by atoms with van der Waals surface area (Å²) in [6.45, 7) is 7.14. The molecule has 2 aromatic rings. The molecule has 1 amide bonds. The summed E-state index contributed by atoms with van der Waals surface area (Å²) >= 11 is 0. The topological polar surface area (TPSA) is 61.8 Å². The molecule has 1 aromatic heterocycles. The van der Waals surface area contributed by atoms with Gasteiger partial charge in [-0.3, -0.25) is 4.79 Å². The van der Waals surface area contributed by atoms with Crippen molar-refractivity contribution < 1.29 is 9.53 Å². The number of amides is 1. The van der Waals surface area contributed by atoms with Crippen molar-refractivity contribution in [2.45, 2.75) is 19.8 Å². The molecule has 0 saturated carbocycles. The van der Waals surface area contributed by atoms with Crippen LogP contribution >= 0.6 is 0 Å². The van der Waals surface area contributed by atoms with E-state index in [0.717, 1.165) is 57.1 Å². The first-order valence-corrected chi connectivity index (χ1v) is 10.4. The van der Waals surface area contributed by atoms with Gasteiger partial charge in [-0.1, -0.05) is 19.1 Å². The van der Waals surface area contributed by atoms with Crippen LogP contribution in [0.3, 0.4) is 0 Å². The summed E-state index contributed by atoms with van der Waals surface area (Å²) in [6, 6.07) is 9.82. The minimum Gasteiger partial charge on any atom is -0.495 e. The van der Waals surface area contributed by atoms with Crippen LogP contribution in [0.5, 0.6) is 5.75 Å². The first kappa shape index (κ1) is 19.5. The molecule has 0 spiro atoms. The molecule has 7 heteroatoms. The van der Waals surface area contributed by atoms with Gasteiger partial charge in [-0.2, -0.15) is 0 Å². The number of piperidine rings is 1. The molecule has 7 nitrogen and oxygen atoms in total. The molecule has 154 valence electrons. The summed E-state index contributed by atoms with van der Waals surface area (Å²) in [5, 5.41) is 0. The van der Waals surface area contributed by atoms with Crippen molar-refractivity contribution in [2.24, 2.45) is 5.92 Å². The zero-order chi connectivity index (χ0) is 20.2. The average Bonchev–Trinajstić information content (AvgIpc) is 2.79. The van der Waals surface area contributed by atoms with E-state index in [4.69, 9.17) is 4.74 Å². The lowest BCUT2D eigenvalue weighted by Gasteiger charge is -2.36.